The zero-order valence-corrected chi connectivity index (χ0v) is 28.1. The van der Waals surface area contributed by atoms with Crippen LogP contribution in [0.25, 0.3) is 11.0 Å². The highest BCUT2D eigenvalue weighted by Gasteiger charge is 2.49. The molecular formula is C39H52O6. The number of hydrogen-bond acceptors (Lipinski definition) is 6. The third-order valence-corrected chi connectivity index (χ3v) is 13.7. The topological polar surface area (TPSA) is 75.0 Å². The second-order valence-corrected chi connectivity index (χ2v) is 15.5. The summed E-state index contributed by atoms with van der Waals surface area (Å²) >= 11 is 0. The van der Waals surface area contributed by atoms with Gasteiger partial charge in [0.25, 0.3) is 5.78 Å². The molecule has 1 heterocycles. The van der Waals surface area contributed by atoms with Gasteiger partial charge in [0.05, 0.1) is 26.9 Å². The van der Waals surface area contributed by atoms with Gasteiger partial charge in [-0.05, 0) is 105 Å². The van der Waals surface area contributed by atoms with E-state index in [1.807, 2.05) is 6.07 Å². The average molecular weight is 617 g/mol. The van der Waals surface area contributed by atoms with Crippen molar-refractivity contribution < 1.29 is 28.2 Å². The number of ether oxygens (including phenoxy) is 3. The standard InChI is InChI=1S/C39H52O6/c1-38-18-8-6-12-23(38)14-10-16-25(38)20-28-32(40)31-27-22-30(42-3)35(43-4)29(34(27)45-37(31)33(41)36(28)44-5)21-26-17-11-15-24-13-7-9-19-39(24,26)2/h22-26H,6-21H2,1-5H3/t23-,24-,25-,26-,38-,39-/m1/s1. The Morgan fingerprint density at radius 3 is 1.91 bits per heavy atom. The molecule has 2 aromatic rings. The van der Waals surface area contributed by atoms with Gasteiger partial charge in [0.2, 0.25) is 0 Å². The summed E-state index contributed by atoms with van der Waals surface area (Å²) in [5.41, 5.74) is 2.87. The molecule has 4 fully saturated rings. The molecule has 6 heteroatoms. The van der Waals surface area contributed by atoms with E-state index in [4.69, 9.17) is 18.6 Å². The molecule has 5 aliphatic carbocycles. The SMILES string of the molecule is COC1=C(C[C@H]2CCC[C@H]3CCCC[C@]32C)C(=O)c2c(oc3c(C[C@H]4CCC[C@H]5CCCC[C@]54C)c(OC)c(OC)cc23)C1=O. The molecule has 6 atom stereocenters. The summed E-state index contributed by atoms with van der Waals surface area (Å²) in [5, 5.41) is 0.662. The molecule has 0 N–H and O–H groups in total. The van der Waals surface area contributed by atoms with E-state index in [1.165, 1.54) is 84.2 Å². The number of allylic oxidation sites excluding steroid dienone is 2. The highest BCUT2D eigenvalue weighted by atomic mass is 16.5. The van der Waals surface area contributed by atoms with E-state index in [0.717, 1.165) is 30.7 Å². The fourth-order valence-electron chi connectivity index (χ4n) is 11.0. The van der Waals surface area contributed by atoms with Gasteiger partial charge in [0, 0.05) is 16.5 Å². The van der Waals surface area contributed by atoms with Gasteiger partial charge in [-0.3, -0.25) is 9.59 Å². The lowest BCUT2D eigenvalue weighted by atomic mass is 9.54. The molecule has 244 valence electrons. The first-order chi connectivity index (χ1) is 21.7. The lowest BCUT2D eigenvalue weighted by molar-refractivity contribution is 0.00126. The van der Waals surface area contributed by atoms with E-state index < -0.39 is 0 Å². The molecular weight excluding hydrogens is 564 g/mol. The highest BCUT2D eigenvalue weighted by molar-refractivity contribution is 6.29. The fourth-order valence-corrected chi connectivity index (χ4v) is 11.0. The Balaban J connectivity index is 1.31. The van der Waals surface area contributed by atoms with Crippen LogP contribution in [0.2, 0.25) is 0 Å². The maximum Gasteiger partial charge on any atom is 0.263 e. The van der Waals surface area contributed by atoms with Crippen LogP contribution in [-0.2, 0) is 11.2 Å². The Morgan fingerprint density at radius 1 is 0.733 bits per heavy atom. The second-order valence-electron chi connectivity index (χ2n) is 15.5. The van der Waals surface area contributed by atoms with E-state index in [9.17, 15) is 9.59 Å². The molecule has 0 spiro atoms. The van der Waals surface area contributed by atoms with Crippen LogP contribution in [0.1, 0.15) is 137 Å². The summed E-state index contributed by atoms with van der Waals surface area (Å²) in [4.78, 5) is 28.8. The van der Waals surface area contributed by atoms with Gasteiger partial charge in [0.1, 0.15) is 5.58 Å². The summed E-state index contributed by atoms with van der Waals surface area (Å²) < 4.78 is 24.2. The van der Waals surface area contributed by atoms with Crippen LogP contribution in [0.15, 0.2) is 21.8 Å². The van der Waals surface area contributed by atoms with Crippen LogP contribution >= 0.6 is 0 Å². The monoisotopic (exact) mass is 616 g/mol. The van der Waals surface area contributed by atoms with Gasteiger partial charge in [-0.25, -0.2) is 0 Å². The Morgan fingerprint density at radius 2 is 1.33 bits per heavy atom. The van der Waals surface area contributed by atoms with Gasteiger partial charge >= 0.3 is 0 Å². The molecule has 0 saturated heterocycles. The first kappa shape index (κ1) is 30.9. The number of carbonyl (C=O) groups is 2. The summed E-state index contributed by atoms with van der Waals surface area (Å²) in [5.74, 6) is 3.31. The minimum atomic E-state index is -0.319. The van der Waals surface area contributed by atoms with Gasteiger partial charge in [-0.15, -0.1) is 0 Å². The van der Waals surface area contributed by atoms with Crippen LogP contribution < -0.4 is 9.47 Å². The number of methoxy groups -OCH3 is 3. The largest absolute Gasteiger partial charge is 0.493 e. The second kappa shape index (κ2) is 11.8. The van der Waals surface area contributed by atoms with Gasteiger partial charge < -0.3 is 18.6 Å². The van der Waals surface area contributed by atoms with Gasteiger partial charge in [0.15, 0.2) is 28.8 Å². The molecule has 0 amide bonds. The minimum Gasteiger partial charge on any atom is -0.493 e. The van der Waals surface area contributed by atoms with Crippen LogP contribution in [0.4, 0.5) is 0 Å². The predicted octanol–water partition coefficient (Wildman–Crippen LogP) is 9.66. The lowest BCUT2D eigenvalue weighted by Crippen LogP contribution is -2.42. The molecule has 0 aliphatic heterocycles. The summed E-state index contributed by atoms with van der Waals surface area (Å²) in [6.07, 6.45) is 18.8. The predicted molar refractivity (Wildman–Crippen MR) is 175 cm³/mol. The summed E-state index contributed by atoms with van der Waals surface area (Å²) in [6, 6.07) is 1.85. The highest BCUT2D eigenvalue weighted by Crippen LogP contribution is 2.57. The Kier molecular flexibility index (Phi) is 8.09. The van der Waals surface area contributed by atoms with Crippen molar-refractivity contribution in [2.75, 3.05) is 21.3 Å². The molecule has 7 rings (SSSR count). The number of furan rings is 1. The van der Waals surface area contributed by atoms with Crippen LogP contribution in [-0.4, -0.2) is 32.9 Å². The summed E-state index contributed by atoms with van der Waals surface area (Å²) in [6.45, 7) is 4.93. The van der Waals surface area contributed by atoms with Crippen molar-refractivity contribution in [1.82, 2.24) is 0 Å². The molecule has 0 bridgehead atoms. The zero-order chi connectivity index (χ0) is 31.5. The van der Waals surface area contributed by atoms with E-state index in [2.05, 4.69) is 13.8 Å². The quantitative estimate of drug-likeness (QED) is 0.308. The molecule has 0 unspecified atom stereocenters. The molecule has 6 nitrogen and oxygen atoms in total. The van der Waals surface area contributed by atoms with Crippen molar-refractivity contribution in [3.05, 3.63) is 34.3 Å². The van der Waals surface area contributed by atoms with E-state index >= 15 is 0 Å². The first-order valence-corrected chi connectivity index (χ1v) is 17.8. The molecule has 1 aromatic heterocycles. The Bertz CT molecular complexity index is 1530. The maximum absolute atomic E-state index is 14.6. The number of ketones is 2. The van der Waals surface area contributed by atoms with Crippen molar-refractivity contribution in [2.24, 2.45) is 34.5 Å². The number of hydrogen-bond donors (Lipinski definition) is 0. The van der Waals surface area contributed by atoms with Crippen molar-refractivity contribution in [3.8, 4) is 11.5 Å². The normalized spacial score (nSPS) is 33.4. The molecule has 45 heavy (non-hydrogen) atoms. The zero-order valence-electron chi connectivity index (χ0n) is 28.1. The van der Waals surface area contributed by atoms with Gasteiger partial charge in [-0.1, -0.05) is 52.4 Å². The Labute approximate surface area is 268 Å². The number of rotatable bonds is 7. The third-order valence-electron chi connectivity index (χ3n) is 13.7. The molecule has 5 aliphatic rings. The number of Topliss-reactive ketones (excluding diaryl/α,β-unsaturated/α-hetero) is 2. The number of fused-ring (bicyclic) bond motifs is 5. The molecule has 4 saturated carbocycles. The third kappa shape index (κ3) is 4.78. The first-order valence-electron chi connectivity index (χ1n) is 17.8. The number of carbonyl (C=O) groups excluding carboxylic acids is 2. The van der Waals surface area contributed by atoms with E-state index in [1.54, 1.807) is 14.2 Å². The van der Waals surface area contributed by atoms with Crippen molar-refractivity contribution in [3.63, 3.8) is 0 Å². The van der Waals surface area contributed by atoms with Crippen molar-refractivity contribution >= 4 is 22.5 Å². The summed E-state index contributed by atoms with van der Waals surface area (Å²) in [7, 11) is 4.83. The van der Waals surface area contributed by atoms with Crippen molar-refractivity contribution in [2.45, 2.75) is 117 Å². The lowest BCUT2D eigenvalue weighted by Gasteiger charge is -2.51. The Hall–Kier alpha value is -2.76. The van der Waals surface area contributed by atoms with Crippen LogP contribution in [0, 0.1) is 34.5 Å². The molecule has 1 aromatic carbocycles. The van der Waals surface area contributed by atoms with Gasteiger partial charge in [-0.2, -0.15) is 0 Å². The van der Waals surface area contributed by atoms with E-state index in [0.29, 0.717) is 57.8 Å². The molecule has 0 radical (unpaired) electrons. The van der Waals surface area contributed by atoms with Crippen LogP contribution in [0.3, 0.4) is 0 Å². The van der Waals surface area contributed by atoms with E-state index in [-0.39, 0.29) is 33.9 Å². The fraction of sp³-hybridized carbons (Fsp3) is 0.692. The smallest absolute Gasteiger partial charge is 0.263 e. The van der Waals surface area contributed by atoms with Crippen molar-refractivity contribution in [1.29, 1.82) is 0 Å². The maximum atomic E-state index is 14.6. The average Bonchev–Trinajstić information content (AvgIpc) is 3.43. The van der Waals surface area contributed by atoms with Crippen LogP contribution in [0.5, 0.6) is 11.5 Å². The number of benzene rings is 1. The minimum absolute atomic E-state index is 0.1000.